The fourth-order valence-electron chi connectivity index (χ4n) is 1.31. The molecular formula is C10H12N4S. The highest BCUT2D eigenvalue weighted by atomic mass is 32.2. The molecule has 0 unspecified atom stereocenters. The molecule has 1 aromatic carbocycles. The predicted octanol–water partition coefficient (Wildman–Crippen LogP) is 2.08. The van der Waals surface area contributed by atoms with Crippen LogP contribution in [0.3, 0.4) is 0 Å². The maximum absolute atomic E-state index is 5.24. The summed E-state index contributed by atoms with van der Waals surface area (Å²) in [5.74, 6) is 5.81. The van der Waals surface area contributed by atoms with Crippen LogP contribution in [0.4, 0.5) is 5.95 Å². The highest BCUT2D eigenvalue weighted by Gasteiger charge is 2.01. The highest BCUT2D eigenvalue weighted by molar-refractivity contribution is 7.98. The van der Waals surface area contributed by atoms with Crippen LogP contribution in [0.25, 0.3) is 11.3 Å². The molecule has 2 rings (SSSR count). The van der Waals surface area contributed by atoms with E-state index in [4.69, 9.17) is 5.84 Å². The molecule has 15 heavy (non-hydrogen) atoms. The van der Waals surface area contributed by atoms with E-state index in [1.54, 1.807) is 18.0 Å². The smallest absolute Gasteiger partial charge is 0.215 e. The normalized spacial score (nSPS) is 10.3. The molecule has 0 radical (unpaired) electrons. The van der Waals surface area contributed by atoms with Crippen LogP contribution in [-0.4, -0.2) is 16.2 Å². The fraction of sp³-hybridized carbons (Fsp3) is 0.100. The zero-order chi connectivity index (χ0) is 10.7. The van der Waals surface area contributed by atoms with Gasteiger partial charge in [-0.1, -0.05) is 12.1 Å². The number of nitrogens with two attached hydrogens (primary N) is 1. The average Bonchev–Trinajstić information content (AvgIpc) is 2.78. The molecule has 0 saturated heterocycles. The number of rotatable bonds is 3. The zero-order valence-electron chi connectivity index (χ0n) is 8.32. The summed E-state index contributed by atoms with van der Waals surface area (Å²) in [5.41, 5.74) is 4.52. The topological polar surface area (TPSA) is 66.7 Å². The van der Waals surface area contributed by atoms with Gasteiger partial charge in [0.15, 0.2) is 0 Å². The molecule has 4 N–H and O–H groups in total. The molecular weight excluding hydrogens is 208 g/mol. The van der Waals surface area contributed by atoms with E-state index >= 15 is 0 Å². The lowest BCUT2D eigenvalue weighted by atomic mass is 10.2. The third kappa shape index (κ3) is 2.14. The quantitative estimate of drug-likeness (QED) is 0.421. The summed E-state index contributed by atoms with van der Waals surface area (Å²) in [6, 6.07) is 8.27. The molecule has 0 atom stereocenters. The van der Waals surface area contributed by atoms with Gasteiger partial charge < -0.3 is 4.98 Å². The van der Waals surface area contributed by atoms with Crippen LogP contribution >= 0.6 is 11.8 Å². The average molecular weight is 220 g/mol. The van der Waals surface area contributed by atoms with Crippen molar-refractivity contribution in [3.63, 3.8) is 0 Å². The third-order valence-electron chi connectivity index (χ3n) is 2.11. The number of hydrogen-bond donors (Lipinski definition) is 3. The number of anilines is 1. The molecule has 0 fully saturated rings. The maximum Gasteiger partial charge on any atom is 0.215 e. The van der Waals surface area contributed by atoms with Gasteiger partial charge in [-0.2, -0.15) is 0 Å². The Morgan fingerprint density at radius 1 is 1.33 bits per heavy atom. The van der Waals surface area contributed by atoms with Crippen LogP contribution in [0.15, 0.2) is 35.4 Å². The van der Waals surface area contributed by atoms with Gasteiger partial charge >= 0.3 is 0 Å². The van der Waals surface area contributed by atoms with Crippen LogP contribution in [0.1, 0.15) is 0 Å². The Labute approximate surface area is 92.3 Å². The van der Waals surface area contributed by atoms with Crippen molar-refractivity contribution in [2.24, 2.45) is 5.84 Å². The van der Waals surface area contributed by atoms with Gasteiger partial charge in [0, 0.05) is 4.90 Å². The van der Waals surface area contributed by atoms with Crippen LogP contribution < -0.4 is 11.3 Å². The van der Waals surface area contributed by atoms with Gasteiger partial charge in [0.1, 0.15) is 0 Å². The van der Waals surface area contributed by atoms with E-state index in [1.165, 1.54) is 4.90 Å². The molecule has 0 aliphatic heterocycles. The molecule has 0 amide bonds. The van der Waals surface area contributed by atoms with E-state index in [9.17, 15) is 0 Å². The van der Waals surface area contributed by atoms with Gasteiger partial charge in [-0.15, -0.1) is 11.8 Å². The van der Waals surface area contributed by atoms with E-state index in [-0.39, 0.29) is 0 Å². The Kier molecular flexibility index (Phi) is 2.94. The third-order valence-corrected chi connectivity index (χ3v) is 2.86. The second-order valence-electron chi connectivity index (χ2n) is 3.02. The number of aromatic nitrogens is 2. The minimum atomic E-state index is 0.568. The summed E-state index contributed by atoms with van der Waals surface area (Å²) in [5, 5.41) is 0. The molecule has 0 aliphatic rings. The molecule has 1 aromatic heterocycles. The summed E-state index contributed by atoms with van der Waals surface area (Å²) < 4.78 is 0. The van der Waals surface area contributed by atoms with Crippen LogP contribution in [0, 0.1) is 0 Å². The van der Waals surface area contributed by atoms with Gasteiger partial charge in [-0.25, -0.2) is 10.8 Å². The van der Waals surface area contributed by atoms with E-state index in [0.29, 0.717) is 5.95 Å². The van der Waals surface area contributed by atoms with Crippen molar-refractivity contribution in [2.45, 2.75) is 4.90 Å². The number of thioether (sulfide) groups is 1. The second-order valence-corrected chi connectivity index (χ2v) is 3.90. The lowest BCUT2D eigenvalue weighted by Gasteiger charge is -1.99. The van der Waals surface area contributed by atoms with Gasteiger partial charge in [-0.05, 0) is 24.0 Å². The summed E-state index contributed by atoms with van der Waals surface area (Å²) in [6.07, 6.45) is 3.81. The molecule has 2 aromatic rings. The van der Waals surface area contributed by atoms with Gasteiger partial charge in [0.2, 0.25) is 5.95 Å². The number of aromatic amines is 1. The van der Waals surface area contributed by atoms with E-state index in [0.717, 1.165) is 11.3 Å². The minimum absolute atomic E-state index is 0.568. The standard InChI is InChI=1S/C10H12N4S/c1-15-8-4-2-7(3-5-8)9-6-12-10(13-9)14-11/h2-6H,11H2,1H3,(H2,12,13,14). The first-order valence-electron chi connectivity index (χ1n) is 4.49. The van der Waals surface area contributed by atoms with Crippen molar-refractivity contribution < 1.29 is 0 Å². The summed E-state index contributed by atoms with van der Waals surface area (Å²) in [7, 11) is 0. The first-order chi connectivity index (χ1) is 7.33. The van der Waals surface area contributed by atoms with Crippen LogP contribution in [-0.2, 0) is 0 Å². The number of nitrogens with one attached hydrogen (secondary N) is 2. The van der Waals surface area contributed by atoms with Crippen molar-refractivity contribution in [3.05, 3.63) is 30.5 Å². The Balaban J connectivity index is 2.28. The van der Waals surface area contributed by atoms with Crippen molar-refractivity contribution in [1.82, 2.24) is 9.97 Å². The zero-order valence-corrected chi connectivity index (χ0v) is 9.14. The Morgan fingerprint density at radius 2 is 2.07 bits per heavy atom. The Bertz CT molecular complexity index is 435. The van der Waals surface area contributed by atoms with E-state index in [2.05, 4.69) is 45.9 Å². The molecule has 4 nitrogen and oxygen atoms in total. The minimum Gasteiger partial charge on any atom is -0.323 e. The highest BCUT2D eigenvalue weighted by Crippen LogP contribution is 2.22. The number of imidazole rings is 1. The lowest BCUT2D eigenvalue weighted by molar-refractivity contribution is 1.20. The second kappa shape index (κ2) is 4.37. The number of hydrazine groups is 1. The molecule has 0 bridgehead atoms. The number of benzene rings is 1. The molecule has 0 aliphatic carbocycles. The van der Waals surface area contributed by atoms with Crippen molar-refractivity contribution in [2.75, 3.05) is 11.7 Å². The molecule has 5 heteroatoms. The number of nitrogen functional groups attached to an aromatic ring is 1. The van der Waals surface area contributed by atoms with Crippen molar-refractivity contribution in [3.8, 4) is 11.3 Å². The molecule has 0 saturated carbocycles. The summed E-state index contributed by atoms with van der Waals surface area (Å²) in [4.78, 5) is 8.37. The Hall–Kier alpha value is -1.46. The largest absolute Gasteiger partial charge is 0.323 e. The van der Waals surface area contributed by atoms with Gasteiger partial charge in [0.05, 0.1) is 11.9 Å². The SMILES string of the molecule is CSc1ccc(-c2cnc(NN)[nH]2)cc1. The van der Waals surface area contributed by atoms with Crippen LogP contribution in [0.2, 0.25) is 0 Å². The monoisotopic (exact) mass is 220 g/mol. The number of nitrogens with zero attached hydrogens (tertiary/aromatic N) is 1. The molecule has 1 heterocycles. The number of H-pyrrole nitrogens is 1. The van der Waals surface area contributed by atoms with Crippen molar-refractivity contribution >= 4 is 17.7 Å². The lowest BCUT2D eigenvalue weighted by Crippen LogP contribution is -2.07. The van der Waals surface area contributed by atoms with Gasteiger partial charge in [0.25, 0.3) is 0 Å². The van der Waals surface area contributed by atoms with Gasteiger partial charge in [-0.3, -0.25) is 5.43 Å². The number of hydrogen-bond acceptors (Lipinski definition) is 4. The summed E-state index contributed by atoms with van der Waals surface area (Å²) in [6.45, 7) is 0. The predicted molar refractivity (Wildman–Crippen MR) is 63.6 cm³/mol. The molecule has 78 valence electrons. The molecule has 0 spiro atoms. The fourth-order valence-corrected chi connectivity index (χ4v) is 1.72. The van der Waals surface area contributed by atoms with Crippen LogP contribution in [0.5, 0.6) is 0 Å². The Morgan fingerprint density at radius 3 is 2.60 bits per heavy atom. The first kappa shape index (κ1) is 10.1. The first-order valence-corrected chi connectivity index (χ1v) is 5.72. The summed E-state index contributed by atoms with van der Waals surface area (Å²) >= 11 is 1.72. The van der Waals surface area contributed by atoms with E-state index < -0.39 is 0 Å². The van der Waals surface area contributed by atoms with Crippen molar-refractivity contribution in [1.29, 1.82) is 0 Å². The maximum atomic E-state index is 5.24. The van der Waals surface area contributed by atoms with E-state index in [1.807, 2.05) is 0 Å².